The van der Waals surface area contributed by atoms with Crippen molar-refractivity contribution in [3.63, 3.8) is 0 Å². The van der Waals surface area contributed by atoms with Gasteiger partial charge in [-0.25, -0.2) is 23.1 Å². The van der Waals surface area contributed by atoms with Crippen molar-refractivity contribution < 1.29 is 22.6 Å². The maximum atomic E-state index is 15.0. The summed E-state index contributed by atoms with van der Waals surface area (Å²) in [5, 5.41) is 7.71. The van der Waals surface area contributed by atoms with Crippen molar-refractivity contribution in [2.24, 2.45) is 0 Å². The fourth-order valence-electron chi connectivity index (χ4n) is 4.86. The van der Waals surface area contributed by atoms with E-state index in [1.54, 1.807) is 13.1 Å². The zero-order valence-corrected chi connectivity index (χ0v) is 24.8. The molecule has 0 bridgehead atoms. The van der Waals surface area contributed by atoms with Crippen LogP contribution in [-0.4, -0.2) is 58.2 Å². The number of aromatic nitrogens is 5. The molecule has 44 heavy (non-hydrogen) atoms. The number of methoxy groups -OCH3 is 1. The van der Waals surface area contributed by atoms with Crippen LogP contribution in [0, 0.1) is 25.5 Å². The Labute approximate surface area is 251 Å². The number of piperazine rings is 1. The molecule has 0 unspecified atom stereocenters. The van der Waals surface area contributed by atoms with Gasteiger partial charge in [0.1, 0.15) is 18.0 Å². The second-order valence-corrected chi connectivity index (χ2v) is 10.2. The molecule has 10 nitrogen and oxygen atoms in total. The van der Waals surface area contributed by atoms with Crippen LogP contribution in [0.5, 0.6) is 17.4 Å². The van der Waals surface area contributed by atoms with Gasteiger partial charge in [0.15, 0.2) is 23.2 Å². The van der Waals surface area contributed by atoms with Crippen LogP contribution in [0.15, 0.2) is 42.9 Å². The second-order valence-electron chi connectivity index (χ2n) is 10.2. The minimum Gasteiger partial charge on any atom is -0.489 e. The highest BCUT2D eigenvalue weighted by Gasteiger charge is 2.21. The molecule has 13 heteroatoms. The third-order valence-electron chi connectivity index (χ3n) is 6.94. The van der Waals surface area contributed by atoms with E-state index < -0.39 is 11.6 Å². The van der Waals surface area contributed by atoms with E-state index in [2.05, 4.69) is 47.0 Å². The molecule has 0 amide bonds. The molecule has 5 heterocycles. The number of pyridine rings is 1. The van der Waals surface area contributed by atoms with Gasteiger partial charge in [0.05, 0.1) is 29.9 Å². The van der Waals surface area contributed by atoms with Gasteiger partial charge in [-0.15, -0.1) is 0 Å². The van der Waals surface area contributed by atoms with Crippen molar-refractivity contribution >= 4 is 40.6 Å². The Bertz CT molecular complexity index is 1880. The van der Waals surface area contributed by atoms with E-state index in [0.29, 0.717) is 16.9 Å². The molecule has 1 aliphatic heterocycles. The molecular formula is C31H33F3N8O2. The number of hydrogen-bond donors (Lipinski definition) is 4. The third-order valence-corrected chi connectivity index (χ3v) is 6.94. The summed E-state index contributed by atoms with van der Waals surface area (Å²) in [6, 6.07) is 8.10. The number of H-pyrrole nitrogens is 2. The van der Waals surface area contributed by atoms with Gasteiger partial charge in [0.2, 0.25) is 5.75 Å². The molecule has 1 fully saturated rings. The van der Waals surface area contributed by atoms with Gasteiger partial charge < -0.3 is 35.0 Å². The average Bonchev–Trinajstić information content (AvgIpc) is 3.58. The van der Waals surface area contributed by atoms with E-state index in [9.17, 15) is 13.2 Å². The molecule has 5 aromatic rings. The Hall–Kier alpha value is -5.04. The highest BCUT2D eigenvalue weighted by Crippen LogP contribution is 2.38. The van der Waals surface area contributed by atoms with Crippen LogP contribution in [0.3, 0.4) is 0 Å². The maximum absolute atomic E-state index is 15.0. The number of nitrogens with one attached hydrogen (secondary N) is 4. The molecule has 4 aromatic heterocycles. The summed E-state index contributed by atoms with van der Waals surface area (Å²) in [6.45, 7) is 12.4. The van der Waals surface area contributed by atoms with Crippen LogP contribution in [0.2, 0.25) is 0 Å². The first-order chi connectivity index (χ1) is 21.1. The van der Waals surface area contributed by atoms with Crippen LogP contribution in [0.25, 0.3) is 23.3 Å². The minimum absolute atomic E-state index is 0.0673. The second kappa shape index (κ2) is 13.1. The summed E-state index contributed by atoms with van der Waals surface area (Å²) < 4.78 is 53.1. The molecule has 1 saturated heterocycles. The summed E-state index contributed by atoms with van der Waals surface area (Å²) in [5.74, 6) is -1.01. The first-order valence-electron chi connectivity index (χ1n) is 13.9. The van der Waals surface area contributed by atoms with Crippen LogP contribution in [0.4, 0.5) is 30.5 Å². The highest BCUT2D eigenvalue weighted by molar-refractivity contribution is 5.83. The van der Waals surface area contributed by atoms with Gasteiger partial charge in [-0.2, -0.15) is 4.98 Å². The molecule has 0 spiro atoms. The van der Waals surface area contributed by atoms with E-state index in [4.69, 9.17) is 9.47 Å². The lowest BCUT2D eigenvalue weighted by atomic mass is 10.2. The summed E-state index contributed by atoms with van der Waals surface area (Å²) >= 11 is 0. The van der Waals surface area contributed by atoms with Gasteiger partial charge in [0, 0.05) is 49.0 Å². The summed E-state index contributed by atoms with van der Waals surface area (Å²) in [6.07, 6.45) is 3.02. The number of aromatic amines is 2. The number of hydrogen-bond acceptors (Lipinski definition) is 8. The van der Waals surface area contributed by atoms with Crippen LogP contribution >= 0.6 is 0 Å². The van der Waals surface area contributed by atoms with Gasteiger partial charge in [-0.05, 0) is 50.3 Å². The topological polar surface area (TPSA) is 116 Å². The number of rotatable bonds is 6. The van der Waals surface area contributed by atoms with Crippen molar-refractivity contribution in [3.8, 4) is 17.4 Å². The van der Waals surface area contributed by atoms with Crippen LogP contribution in [-0.2, 0) is 0 Å². The minimum atomic E-state index is -0.707. The van der Waals surface area contributed by atoms with E-state index in [1.807, 2.05) is 25.1 Å². The molecule has 0 saturated carbocycles. The number of anilines is 3. The van der Waals surface area contributed by atoms with E-state index >= 15 is 0 Å². The smallest absolute Gasteiger partial charge is 0.268 e. The van der Waals surface area contributed by atoms with Crippen molar-refractivity contribution in [3.05, 3.63) is 76.4 Å². The summed E-state index contributed by atoms with van der Waals surface area (Å²) in [4.78, 5) is 20.6. The third kappa shape index (κ3) is 6.62. The van der Waals surface area contributed by atoms with E-state index in [0.717, 1.165) is 48.8 Å². The fourth-order valence-corrected chi connectivity index (χ4v) is 4.86. The van der Waals surface area contributed by atoms with E-state index in [-0.39, 0.29) is 39.9 Å². The van der Waals surface area contributed by atoms with Crippen LogP contribution in [0.1, 0.15) is 18.3 Å². The number of ether oxygens (including phenoxy) is 2. The fraction of sp³-hybridized carbons (Fsp3) is 0.258. The molecule has 0 aliphatic carbocycles. The van der Waals surface area contributed by atoms with Crippen LogP contribution < -0.4 is 35.6 Å². The van der Waals surface area contributed by atoms with Gasteiger partial charge in [-0.3, -0.25) is 0 Å². The molecule has 0 atom stereocenters. The quantitative estimate of drug-likeness (QED) is 0.220. The monoisotopic (exact) mass is 606 g/mol. The Morgan fingerprint density at radius 1 is 1.02 bits per heavy atom. The lowest BCUT2D eigenvalue weighted by molar-refractivity contribution is 0.360. The SMILES string of the molecule is C=c1cc(C)[nH]/c1=C(/C)F.COc1c(Nc2ccc(N3CCNCC3)cn2)ncnc1Oc1cc(F)c2[nH]c(C)cc2c1F. The molecule has 1 aliphatic rings. The number of halogens is 3. The van der Waals surface area contributed by atoms with Crippen molar-refractivity contribution in [1.29, 1.82) is 0 Å². The predicted molar refractivity (Wildman–Crippen MR) is 165 cm³/mol. The van der Waals surface area contributed by atoms with Gasteiger partial charge in [-0.1, -0.05) is 6.58 Å². The van der Waals surface area contributed by atoms with E-state index in [1.165, 1.54) is 26.4 Å². The standard InChI is InChI=1S/C23H23F2N7O2.C8H10FN/c1-13-9-15-19(25)17(10-16(24)20(15)30-13)34-23-21(33-2)22(28-12-29-23)31-18-4-3-14(11-27-18)32-7-5-26-6-8-32;1-5-4-6(2)10-8(5)7(3)9/h3-4,9-12,26,30H,5-8H2,1-2H3,(H,27,28,29,31);4,10H,1H2,2-3H3/b;8-7-. The number of nitrogens with zero attached hydrogens (tertiary/aromatic N) is 4. The molecular weight excluding hydrogens is 573 g/mol. The summed E-state index contributed by atoms with van der Waals surface area (Å²) in [7, 11) is 1.41. The highest BCUT2D eigenvalue weighted by atomic mass is 19.1. The largest absolute Gasteiger partial charge is 0.489 e. The van der Waals surface area contributed by atoms with Crippen molar-refractivity contribution in [2.45, 2.75) is 20.8 Å². The predicted octanol–water partition coefficient (Wildman–Crippen LogP) is 4.72. The van der Waals surface area contributed by atoms with Crippen molar-refractivity contribution in [1.82, 2.24) is 30.2 Å². The van der Waals surface area contributed by atoms with Gasteiger partial charge in [0.25, 0.3) is 5.88 Å². The Morgan fingerprint density at radius 2 is 1.77 bits per heavy atom. The first kappa shape index (κ1) is 30.4. The lowest BCUT2D eigenvalue weighted by Gasteiger charge is -2.29. The normalized spacial score (nSPS) is 13.8. The van der Waals surface area contributed by atoms with Gasteiger partial charge >= 0.3 is 0 Å². The number of aryl methyl sites for hydroxylation is 2. The number of benzene rings is 1. The maximum Gasteiger partial charge on any atom is 0.268 e. The Kier molecular flexibility index (Phi) is 9.04. The Morgan fingerprint density at radius 3 is 2.39 bits per heavy atom. The summed E-state index contributed by atoms with van der Waals surface area (Å²) in [5.41, 5.74) is 2.68. The average molecular weight is 607 g/mol. The zero-order chi connectivity index (χ0) is 31.4. The molecule has 4 N–H and O–H groups in total. The molecule has 6 rings (SSSR count). The molecule has 1 aromatic carbocycles. The Balaban J connectivity index is 0.000000328. The number of fused-ring (bicyclic) bond motifs is 1. The molecule has 230 valence electrons. The van der Waals surface area contributed by atoms with Crippen molar-refractivity contribution in [2.75, 3.05) is 43.5 Å². The molecule has 0 radical (unpaired) electrons. The zero-order valence-electron chi connectivity index (χ0n) is 24.8. The lowest BCUT2D eigenvalue weighted by Crippen LogP contribution is -2.43. The first-order valence-corrected chi connectivity index (χ1v) is 13.9.